The summed E-state index contributed by atoms with van der Waals surface area (Å²) in [7, 11) is 0. The predicted molar refractivity (Wildman–Crippen MR) is 81.6 cm³/mol. The van der Waals surface area contributed by atoms with Crippen LogP contribution in [-0.4, -0.2) is 19.8 Å². The largest absolute Gasteiger partial charge is 0.380 e. The molecule has 1 N–H and O–H groups in total. The monoisotopic (exact) mass is 275 g/mol. The van der Waals surface area contributed by atoms with E-state index in [4.69, 9.17) is 4.74 Å². The average Bonchev–Trinajstić information content (AvgIpc) is 2.96. The standard InChI is InChI=1S/C16H21NOS/c1-2-6-15(7-3-1)8-4-11-18-12-10-17-14-16-9-5-13-19-16/h1-3,5-7,9,13,17H,4,8,10-12,14H2. The van der Waals surface area contributed by atoms with Crippen molar-refractivity contribution < 1.29 is 4.74 Å². The second kappa shape index (κ2) is 8.86. The topological polar surface area (TPSA) is 21.3 Å². The Labute approximate surface area is 119 Å². The molecule has 0 aliphatic rings. The molecule has 1 heterocycles. The minimum atomic E-state index is 0.792. The van der Waals surface area contributed by atoms with Crippen molar-refractivity contribution in [1.82, 2.24) is 5.32 Å². The summed E-state index contributed by atoms with van der Waals surface area (Å²) in [5, 5.41) is 5.49. The SMILES string of the molecule is c1ccc(CCCOCCNCc2cccs2)cc1. The minimum absolute atomic E-state index is 0.792. The van der Waals surface area contributed by atoms with Gasteiger partial charge in [-0.3, -0.25) is 0 Å². The first-order chi connectivity index (χ1) is 9.45. The summed E-state index contributed by atoms with van der Waals surface area (Å²) in [6, 6.07) is 14.8. The van der Waals surface area contributed by atoms with Gasteiger partial charge in [-0.1, -0.05) is 36.4 Å². The molecule has 1 aromatic heterocycles. The molecule has 0 spiro atoms. The van der Waals surface area contributed by atoms with Crippen LogP contribution in [0.5, 0.6) is 0 Å². The molecule has 0 radical (unpaired) electrons. The molecule has 0 unspecified atom stereocenters. The highest BCUT2D eigenvalue weighted by Gasteiger charge is 1.94. The molecule has 2 aromatic rings. The van der Waals surface area contributed by atoms with Gasteiger partial charge >= 0.3 is 0 Å². The van der Waals surface area contributed by atoms with Crippen LogP contribution in [0.4, 0.5) is 0 Å². The van der Waals surface area contributed by atoms with E-state index < -0.39 is 0 Å². The van der Waals surface area contributed by atoms with Crippen molar-refractivity contribution >= 4 is 11.3 Å². The van der Waals surface area contributed by atoms with E-state index in [1.165, 1.54) is 10.4 Å². The van der Waals surface area contributed by atoms with E-state index in [1.54, 1.807) is 11.3 Å². The van der Waals surface area contributed by atoms with E-state index in [0.29, 0.717) is 0 Å². The van der Waals surface area contributed by atoms with E-state index in [1.807, 2.05) is 0 Å². The van der Waals surface area contributed by atoms with Crippen molar-refractivity contribution in [2.24, 2.45) is 0 Å². The maximum atomic E-state index is 5.62. The van der Waals surface area contributed by atoms with Crippen LogP contribution in [0, 0.1) is 0 Å². The van der Waals surface area contributed by atoms with Crippen LogP contribution in [0.3, 0.4) is 0 Å². The summed E-state index contributed by atoms with van der Waals surface area (Å²) in [4.78, 5) is 1.38. The summed E-state index contributed by atoms with van der Waals surface area (Å²) in [6.07, 6.45) is 2.19. The molecule has 102 valence electrons. The molecular formula is C16H21NOS. The third kappa shape index (κ3) is 6.01. The molecule has 3 heteroatoms. The van der Waals surface area contributed by atoms with Crippen LogP contribution in [-0.2, 0) is 17.7 Å². The van der Waals surface area contributed by atoms with Crippen molar-refractivity contribution in [3.05, 3.63) is 58.3 Å². The van der Waals surface area contributed by atoms with E-state index in [0.717, 1.165) is 39.1 Å². The molecule has 19 heavy (non-hydrogen) atoms. The first-order valence-corrected chi connectivity index (χ1v) is 7.68. The highest BCUT2D eigenvalue weighted by Crippen LogP contribution is 2.07. The summed E-state index contributed by atoms with van der Waals surface area (Å²) >= 11 is 1.79. The number of ether oxygens (including phenoxy) is 1. The minimum Gasteiger partial charge on any atom is -0.380 e. The molecule has 0 saturated heterocycles. The average molecular weight is 275 g/mol. The van der Waals surface area contributed by atoms with Gasteiger partial charge < -0.3 is 10.1 Å². The van der Waals surface area contributed by atoms with Crippen LogP contribution in [0.25, 0.3) is 0 Å². The zero-order valence-electron chi connectivity index (χ0n) is 11.2. The zero-order chi connectivity index (χ0) is 13.2. The maximum Gasteiger partial charge on any atom is 0.0591 e. The number of thiophene rings is 1. The Balaban J connectivity index is 1.42. The quantitative estimate of drug-likeness (QED) is 0.707. The number of rotatable bonds is 9. The van der Waals surface area contributed by atoms with E-state index in [2.05, 4.69) is 53.2 Å². The first-order valence-electron chi connectivity index (χ1n) is 6.80. The molecule has 2 nitrogen and oxygen atoms in total. The molecule has 2 rings (SSSR count). The maximum absolute atomic E-state index is 5.62. The van der Waals surface area contributed by atoms with Crippen LogP contribution < -0.4 is 5.32 Å². The Kier molecular flexibility index (Phi) is 6.65. The summed E-state index contributed by atoms with van der Waals surface area (Å²) in [5.74, 6) is 0. The van der Waals surface area contributed by atoms with E-state index in [-0.39, 0.29) is 0 Å². The van der Waals surface area contributed by atoms with Crippen molar-refractivity contribution in [2.75, 3.05) is 19.8 Å². The Bertz CT molecular complexity index is 427. The Hall–Kier alpha value is -1.16. The van der Waals surface area contributed by atoms with Gasteiger partial charge in [0.2, 0.25) is 0 Å². The normalized spacial score (nSPS) is 10.7. The van der Waals surface area contributed by atoms with Crippen molar-refractivity contribution in [3.63, 3.8) is 0 Å². The fourth-order valence-electron chi connectivity index (χ4n) is 1.89. The summed E-state index contributed by atoms with van der Waals surface area (Å²) in [6.45, 7) is 3.50. The second-order valence-corrected chi connectivity index (χ2v) is 5.49. The summed E-state index contributed by atoms with van der Waals surface area (Å²) in [5.41, 5.74) is 1.39. The molecular weight excluding hydrogens is 254 g/mol. The van der Waals surface area contributed by atoms with Crippen LogP contribution in [0.1, 0.15) is 16.9 Å². The smallest absolute Gasteiger partial charge is 0.0591 e. The predicted octanol–water partition coefficient (Wildman–Crippen LogP) is 3.49. The van der Waals surface area contributed by atoms with Gasteiger partial charge in [-0.25, -0.2) is 0 Å². The van der Waals surface area contributed by atoms with Crippen LogP contribution >= 0.6 is 11.3 Å². The third-order valence-electron chi connectivity index (χ3n) is 2.90. The fourth-order valence-corrected chi connectivity index (χ4v) is 2.57. The lowest BCUT2D eigenvalue weighted by atomic mass is 10.1. The highest BCUT2D eigenvalue weighted by molar-refractivity contribution is 7.09. The molecule has 0 amide bonds. The molecule has 1 aromatic carbocycles. The molecule has 0 bridgehead atoms. The lowest BCUT2D eigenvalue weighted by Gasteiger charge is -2.05. The fraction of sp³-hybridized carbons (Fsp3) is 0.375. The highest BCUT2D eigenvalue weighted by atomic mass is 32.1. The van der Waals surface area contributed by atoms with Crippen molar-refractivity contribution in [3.8, 4) is 0 Å². The number of aryl methyl sites for hydroxylation is 1. The molecule has 0 atom stereocenters. The van der Waals surface area contributed by atoms with Gasteiger partial charge in [0.1, 0.15) is 0 Å². The molecule has 0 aliphatic heterocycles. The Morgan fingerprint density at radius 2 is 1.89 bits per heavy atom. The lowest BCUT2D eigenvalue weighted by molar-refractivity contribution is 0.133. The van der Waals surface area contributed by atoms with E-state index >= 15 is 0 Å². The van der Waals surface area contributed by atoms with Crippen molar-refractivity contribution in [2.45, 2.75) is 19.4 Å². The molecule has 0 saturated carbocycles. The number of benzene rings is 1. The molecule has 0 aliphatic carbocycles. The van der Waals surface area contributed by atoms with E-state index in [9.17, 15) is 0 Å². The van der Waals surface area contributed by atoms with Gasteiger partial charge in [0.15, 0.2) is 0 Å². The number of hydrogen-bond donors (Lipinski definition) is 1. The Morgan fingerprint density at radius 3 is 2.68 bits per heavy atom. The van der Waals surface area contributed by atoms with Gasteiger partial charge in [-0.2, -0.15) is 0 Å². The first kappa shape index (κ1) is 14.3. The van der Waals surface area contributed by atoms with Crippen LogP contribution in [0.2, 0.25) is 0 Å². The van der Waals surface area contributed by atoms with Crippen LogP contribution in [0.15, 0.2) is 47.8 Å². The third-order valence-corrected chi connectivity index (χ3v) is 3.78. The van der Waals surface area contributed by atoms with Gasteiger partial charge in [0.05, 0.1) is 6.61 Å². The number of hydrogen-bond acceptors (Lipinski definition) is 3. The lowest BCUT2D eigenvalue weighted by Crippen LogP contribution is -2.19. The van der Waals surface area contributed by atoms with Gasteiger partial charge in [-0.05, 0) is 29.9 Å². The molecule has 0 fully saturated rings. The van der Waals surface area contributed by atoms with Gasteiger partial charge in [0.25, 0.3) is 0 Å². The van der Waals surface area contributed by atoms with Crippen molar-refractivity contribution in [1.29, 1.82) is 0 Å². The zero-order valence-corrected chi connectivity index (χ0v) is 12.0. The Morgan fingerprint density at radius 1 is 1.00 bits per heavy atom. The number of nitrogens with one attached hydrogen (secondary N) is 1. The van der Waals surface area contributed by atoms with Gasteiger partial charge in [-0.15, -0.1) is 11.3 Å². The van der Waals surface area contributed by atoms with Gasteiger partial charge in [0, 0.05) is 24.6 Å². The summed E-state index contributed by atoms with van der Waals surface area (Å²) < 4.78 is 5.62. The second-order valence-electron chi connectivity index (χ2n) is 4.46.